The SMILES string of the molecule is CCC1(C(=O)O)CCN(CCn2ccnc2C)CC1. The van der Waals surface area contributed by atoms with E-state index in [1.54, 1.807) is 0 Å². The van der Waals surface area contributed by atoms with Crippen molar-refractivity contribution in [1.29, 1.82) is 0 Å². The Balaban J connectivity index is 1.84. The molecular formula is C14H23N3O2. The smallest absolute Gasteiger partial charge is 0.309 e. The van der Waals surface area contributed by atoms with Crippen LogP contribution in [-0.4, -0.2) is 45.2 Å². The fraction of sp³-hybridized carbons (Fsp3) is 0.714. The Hall–Kier alpha value is -1.36. The van der Waals surface area contributed by atoms with Crippen LogP contribution in [-0.2, 0) is 11.3 Å². The molecule has 0 amide bonds. The Labute approximate surface area is 114 Å². The first-order chi connectivity index (χ1) is 9.07. The molecule has 1 fully saturated rings. The van der Waals surface area contributed by atoms with E-state index < -0.39 is 11.4 Å². The van der Waals surface area contributed by atoms with Gasteiger partial charge in [0.1, 0.15) is 5.82 Å². The Morgan fingerprint density at radius 1 is 1.42 bits per heavy atom. The van der Waals surface area contributed by atoms with Crippen LogP contribution in [0.4, 0.5) is 0 Å². The molecule has 1 aromatic rings. The molecule has 2 rings (SSSR count). The quantitative estimate of drug-likeness (QED) is 0.881. The lowest BCUT2D eigenvalue weighted by atomic mass is 9.76. The summed E-state index contributed by atoms with van der Waals surface area (Å²) in [4.78, 5) is 17.9. The number of carbonyl (C=O) groups is 1. The summed E-state index contributed by atoms with van der Waals surface area (Å²) in [6.45, 7) is 7.65. The fourth-order valence-electron chi connectivity index (χ4n) is 2.81. The van der Waals surface area contributed by atoms with Crippen molar-refractivity contribution in [1.82, 2.24) is 14.5 Å². The molecule has 5 heteroatoms. The summed E-state index contributed by atoms with van der Waals surface area (Å²) >= 11 is 0. The van der Waals surface area contributed by atoms with E-state index in [0.717, 1.165) is 51.3 Å². The number of carboxylic acid groups (broad SMARTS) is 1. The fourth-order valence-corrected chi connectivity index (χ4v) is 2.81. The molecule has 0 unspecified atom stereocenters. The molecule has 0 spiro atoms. The van der Waals surface area contributed by atoms with E-state index in [0.29, 0.717) is 0 Å². The molecule has 2 heterocycles. The highest BCUT2D eigenvalue weighted by molar-refractivity contribution is 5.74. The topological polar surface area (TPSA) is 58.4 Å². The standard InChI is InChI=1S/C14H23N3O2/c1-3-14(13(18)19)4-7-16(8-5-14)10-11-17-9-6-15-12(17)2/h6,9H,3-5,7-8,10-11H2,1-2H3,(H,18,19). The normalized spacial score (nSPS) is 19.5. The molecule has 0 atom stereocenters. The zero-order valence-electron chi connectivity index (χ0n) is 11.8. The molecule has 1 aromatic heterocycles. The van der Waals surface area contributed by atoms with Crippen molar-refractivity contribution in [3.05, 3.63) is 18.2 Å². The minimum absolute atomic E-state index is 0.485. The van der Waals surface area contributed by atoms with Crippen molar-refractivity contribution in [2.75, 3.05) is 19.6 Å². The Bertz CT molecular complexity index is 434. The highest BCUT2D eigenvalue weighted by atomic mass is 16.4. The van der Waals surface area contributed by atoms with Gasteiger partial charge >= 0.3 is 5.97 Å². The number of likely N-dealkylation sites (tertiary alicyclic amines) is 1. The van der Waals surface area contributed by atoms with E-state index >= 15 is 0 Å². The molecule has 0 saturated carbocycles. The highest BCUT2D eigenvalue weighted by Crippen LogP contribution is 2.34. The van der Waals surface area contributed by atoms with Crippen molar-refractivity contribution in [2.24, 2.45) is 5.41 Å². The molecule has 0 aliphatic carbocycles. The van der Waals surface area contributed by atoms with Gasteiger partial charge in [0.25, 0.3) is 0 Å². The van der Waals surface area contributed by atoms with Crippen LogP contribution in [0.5, 0.6) is 0 Å². The first-order valence-corrected chi connectivity index (χ1v) is 7.01. The molecule has 1 saturated heterocycles. The summed E-state index contributed by atoms with van der Waals surface area (Å²) in [6.07, 6.45) is 6.07. The highest BCUT2D eigenvalue weighted by Gasteiger charge is 2.39. The number of aryl methyl sites for hydroxylation is 1. The van der Waals surface area contributed by atoms with Crippen molar-refractivity contribution >= 4 is 5.97 Å². The first kappa shape index (κ1) is 14.1. The van der Waals surface area contributed by atoms with Gasteiger partial charge in [0.05, 0.1) is 5.41 Å². The van der Waals surface area contributed by atoms with E-state index in [-0.39, 0.29) is 0 Å². The van der Waals surface area contributed by atoms with Gasteiger partial charge in [-0.15, -0.1) is 0 Å². The molecule has 19 heavy (non-hydrogen) atoms. The van der Waals surface area contributed by atoms with E-state index in [4.69, 9.17) is 0 Å². The lowest BCUT2D eigenvalue weighted by molar-refractivity contribution is -0.152. The van der Waals surface area contributed by atoms with Crippen molar-refractivity contribution in [2.45, 2.75) is 39.7 Å². The molecule has 0 aromatic carbocycles. The second-order valence-electron chi connectivity index (χ2n) is 5.45. The third-order valence-electron chi connectivity index (χ3n) is 4.52. The summed E-state index contributed by atoms with van der Waals surface area (Å²) in [6, 6.07) is 0. The molecule has 1 aliphatic rings. The number of carboxylic acids is 1. The number of aromatic nitrogens is 2. The zero-order chi connectivity index (χ0) is 13.9. The third-order valence-corrected chi connectivity index (χ3v) is 4.52. The van der Waals surface area contributed by atoms with Crippen LogP contribution in [0.15, 0.2) is 12.4 Å². The average Bonchev–Trinajstić information content (AvgIpc) is 2.82. The molecule has 5 nitrogen and oxygen atoms in total. The van der Waals surface area contributed by atoms with Crippen molar-refractivity contribution in [3.63, 3.8) is 0 Å². The van der Waals surface area contributed by atoms with Crippen LogP contribution in [0.1, 0.15) is 32.0 Å². The minimum Gasteiger partial charge on any atom is -0.481 e. The second kappa shape index (κ2) is 5.74. The Morgan fingerprint density at radius 3 is 2.58 bits per heavy atom. The predicted octanol–water partition coefficient (Wildman–Crippen LogP) is 1.77. The lowest BCUT2D eigenvalue weighted by Crippen LogP contribution is -2.44. The van der Waals surface area contributed by atoms with Crippen molar-refractivity contribution < 1.29 is 9.90 Å². The molecule has 0 bridgehead atoms. The minimum atomic E-state index is -0.625. The second-order valence-corrected chi connectivity index (χ2v) is 5.45. The number of imidazole rings is 1. The van der Waals surface area contributed by atoms with Gasteiger partial charge in [0.2, 0.25) is 0 Å². The van der Waals surface area contributed by atoms with E-state index in [9.17, 15) is 9.90 Å². The molecule has 1 N–H and O–H groups in total. The molecule has 1 aliphatic heterocycles. The largest absolute Gasteiger partial charge is 0.481 e. The van der Waals surface area contributed by atoms with Crippen LogP contribution in [0.2, 0.25) is 0 Å². The number of nitrogens with zero attached hydrogens (tertiary/aromatic N) is 3. The summed E-state index contributed by atoms with van der Waals surface area (Å²) < 4.78 is 2.14. The van der Waals surface area contributed by atoms with Gasteiger partial charge in [-0.2, -0.15) is 0 Å². The van der Waals surface area contributed by atoms with Crippen LogP contribution >= 0.6 is 0 Å². The lowest BCUT2D eigenvalue weighted by Gasteiger charge is -2.38. The monoisotopic (exact) mass is 265 g/mol. The van der Waals surface area contributed by atoms with Crippen molar-refractivity contribution in [3.8, 4) is 0 Å². The average molecular weight is 265 g/mol. The van der Waals surface area contributed by atoms with Gasteiger partial charge in [-0.05, 0) is 39.3 Å². The van der Waals surface area contributed by atoms with Gasteiger partial charge in [-0.25, -0.2) is 4.98 Å². The van der Waals surface area contributed by atoms with Crippen LogP contribution in [0.25, 0.3) is 0 Å². The number of hydrogen-bond donors (Lipinski definition) is 1. The number of aliphatic carboxylic acids is 1. The number of rotatable bonds is 5. The molecule has 106 valence electrons. The molecule has 0 radical (unpaired) electrons. The summed E-state index contributed by atoms with van der Waals surface area (Å²) in [7, 11) is 0. The van der Waals surface area contributed by atoms with Gasteiger partial charge < -0.3 is 14.6 Å². The van der Waals surface area contributed by atoms with E-state index in [2.05, 4.69) is 14.5 Å². The van der Waals surface area contributed by atoms with Gasteiger partial charge in [-0.3, -0.25) is 4.79 Å². The third kappa shape index (κ3) is 2.97. The maximum Gasteiger partial charge on any atom is 0.309 e. The maximum atomic E-state index is 11.4. The van der Waals surface area contributed by atoms with Crippen LogP contribution in [0.3, 0.4) is 0 Å². The number of hydrogen-bond acceptors (Lipinski definition) is 3. The Morgan fingerprint density at radius 2 is 2.11 bits per heavy atom. The van der Waals surface area contributed by atoms with Crippen LogP contribution in [0, 0.1) is 12.3 Å². The molecular weight excluding hydrogens is 242 g/mol. The number of piperidine rings is 1. The summed E-state index contributed by atoms with van der Waals surface area (Å²) in [5, 5.41) is 9.36. The first-order valence-electron chi connectivity index (χ1n) is 7.01. The van der Waals surface area contributed by atoms with Crippen LogP contribution < -0.4 is 0 Å². The summed E-state index contributed by atoms with van der Waals surface area (Å²) in [5.74, 6) is 0.408. The maximum absolute atomic E-state index is 11.4. The van der Waals surface area contributed by atoms with Gasteiger partial charge in [0, 0.05) is 25.5 Å². The summed E-state index contributed by atoms with van der Waals surface area (Å²) in [5.41, 5.74) is -0.485. The van der Waals surface area contributed by atoms with Gasteiger partial charge in [-0.1, -0.05) is 6.92 Å². The van der Waals surface area contributed by atoms with E-state index in [1.807, 2.05) is 26.2 Å². The zero-order valence-corrected chi connectivity index (χ0v) is 11.8. The van der Waals surface area contributed by atoms with Gasteiger partial charge in [0.15, 0.2) is 0 Å². The van der Waals surface area contributed by atoms with E-state index in [1.165, 1.54) is 0 Å². The Kier molecular flexibility index (Phi) is 4.24. The predicted molar refractivity (Wildman–Crippen MR) is 73.0 cm³/mol.